The zero-order valence-electron chi connectivity index (χ0n) is 10.4. The maximum atomic E-state index is 11.1. The highest BCUT2D eigenvalue weighted by molar-refractivity contribution is 5.66. The van der Waals surface area contributed by atoms with Crippen molar-refractivity contribution in [1.82, 2.24) is 0 Å². The molecule has 0 aromatic heterocycles. The lowest BCUT2D eigenvalue weighted by Crippen LogP contribution is -2.35. The van der Waals surface area contributed by atoms with Gasteiger partial charge in [0.1, 0.15) is 6.10 Å². The molecule has 0 aromatic carbocycles. The van der Waals surface area contributed by atoms with Crippen molar-refractivity contribution < 1.29 is 9.53 Å². The Hall–Kier alpha value is -0.530. The summed E-state index contributed by atoms with van der Waals surface area (Å²) < 4.78 is 5.52. The molecular formula is C14H24O2. The van der Waals surface area contributed by atoms with Crippen molar-refractivity contribution in [2.75, 3.05) is 0 Å². The molecule has 2 atom stereocenters. The van der Waals surface area contributed by atoms with Crippen molar-refractivity contribution in [3.05, 3.63) is 0 Å². The summed E-state index contributed by atoms with van der Waals surface area (Å²) in [7, 11) is 0. The van der Waals surface area contributed by atoms with E-state index in [4.69, 9.17) is 4.74 Å². The Balaban J connectivity index is 1.94. The molecule has 16 heavy (non-hydrogen) atoms. The van der Waals surface area contributed by atoms with Crippen LogP contribution in [0.1, 0.15) is 64.7 Å². The van der Waals surface area contributed by atoms with Crippen LogP contribution in [-0.4, -0.2) is 12.1 Å². The van der Waals surface area contributed by atoms with Crippen molar-refractivity contribution in [2.24, 2.45) is 11.8 Å². The summed E-state index contributed by atoms with van der Waals surface area (Å²) in [5.41, 5.74) is 0. The average Bonchev–Trinajstić information content (AvgIpc) is 2.30. The average molecular weight is 224 g/mol. The third kappa shape index (κ3) is 2.99. The Morgan fingerprint density at radius 3 is 2.25 bits per heavy atom. The zero-order valence-corrected chi connectivity index (χ0v) is 10.4. The van der Waals surface area contributed by atoms with Crippen LogP contribution in [0.3, 0.4) is 0 Å². The Morgan fingerprint density at radius 2 is 1.56 bits per heavy atom. The van der Waals surface area contributed by atoms with Crippen LogP contribution in [0.5, 0.6) is 0 Å². The summed E-state index contributed by atoms with van der Waals surface area (Å²) in [4.78, 5) is 11.1. The first kappa shape index (κ1) is 11.9. The van der Waals surface area contributed by atoms with E-state index in [0.717, 1.165) is 12.3 Å². The molecule has 2 rings (SSSR count). The van der Waals surface area contributed by atoms with E-state index in [2.05, 4.69) is 0 Å². The Labute approximate surface area is 98.7 Å². The molecular weight excluding hydrogens is 200 g/mol. The van der Waals surface area contributed by atoms with Gasteiger partial charge >= 0.3 is 5.97 Å². The second kappa shape index (κ2) is 5.70. The third-order valence-electron chi connectivity index (χ3n) is 4.33. The standard InChI is InChI=1S/C14H24O2/c1-11(15)16-14-10-6-5-9-13(14)12-7-3-2-4-8-12/h12-14H,2-10H2,1H3/t13-,14+/m1/s1. The van der Waals surface area contributed by atoms with E-state index in [1.165, 1.54) is 51.4 Å². The second-order valence-electron chi connectivity index (χ2n) is 5.49. The highest BCUT2D eigenvalue weighted by Gasteiger charge is 2.34. The first-order valence-electron chi connectivity index (χ1n) is 6.94. The van der Waals surface area contributed by atoms with Gasteiger partial charge in [0.05, 0.1) is 0 Å². The summed E-state index contributed by atoms with van der Waals surface area (Å²) >= 11 is 0. The largest absolute Gasteiger partial charge is 0.462 e. The van der Waals surface area contributed by atoms with Crippen LogP contribution in [0, 0.1) is 11.8 Å². The predicted octanol–water partition coefficient (Wildman–Crippen LogP) is 3.69. The zero-order chi connectivity index (χ0) is 11.4. The fourth-order valence-electron chi connectivity index (χ4n) is 3.59. The minimum absolute atomic E-state index is 0.0901. The molecule has 0 unspecified atom stereocenters. The van der Waals surface area contributed by atoms with Crippen LogP contribution >= 0.6 is 0 Å². The van der Waals surface area contributed by atoms with E-state index >= 15 is 0 Å². The molecule has 2 aliphatic rings. The summed E-state index contributed by atoms with van der Waals surface area (Å²) in [6.45, 7) is 1.55. The molecule has 2 aliphatic carbocycles. The van der Waals surface area contributed by atoms with Gasteiger partial charge in [-0.25, -0.2) is 0 Å². The SMILES string of the molecule is CC(=O)O[C@H]1CCCC[C@@H]1C1CCCCC1. The van der Waals surface area contributed by atoms with Crippen LogP contribution in [0.2, 0.25) is 0 Å². The van der Waals surface area contributed by atoms with Crippen LogP contribution < -0.4 is 0 Å². The molecule has 0 saturated heterocycles. The molecule has 92 valence electrons. The minimum Gasteiger partial charge on any atom is -0.462 e. The first-order chi connectivity index (χ1) is 7.77. The Bertz CT molecular complexity index is 231. The van der Waals surface area contributed by atoms with E-state index in [9.17, 15) is 4.79 Å². The third-order valence-corrected chi connectivity index (χ3v) is 4.33. The van der Waals surface area contributed by atoms with E-state index in [1.807, 2.05) is 0 Å². The number of ether oxygens (including phenoxy) is 1. The van der Waals surface area contributed by atoms with Crippen molar-refractivity contribution in [3.8, 4) is 0 Å². The van der Waals surface area contributed by atoms with E-state index in [1.54, 1.807) is 6.92 Å². The summed E-state index contributed by atoms with van der Waals surface area (Å²) in [5, 5.41) is 0. The van der Waals surface area contributed by atoms with Crippen LogP contribution in [0.4, 0.5) is 0 Å². The molecule has 0 heterocycles. The number of carbonyl (C=O) groups is 1. The molecule has 0 N–H and O–H groups in total. The van der Waals surface area contributed by atoms with Gasteiger partial charge in [0.15, 0.2) is 0 Å². The molecule has 2 nitrogen and oxygen atoms in total. The Morgan fingerprint density at radius 1 is 0.938 bits per heavy atom. The lowest BCUT2D eigenvalue weighted by molar-refractivity contribution is -0.152. The number of hydrogen-bond acceptors (Lipinski definition) is 2. The molecule has 0 bridgehead atoms. The van der Waals surface area contributed by atoms with Gasteiger partial charge in [-0.3, -0.25) is 4.79 Å². The summed E-state index contributed by atoms with van der Waals surface area (Å²) in [6, 6.07) is 0. The van der Waals surface area contributed by atoms with Crippen LogP contribution in [-0.2, 0) is 9.53 Å². The molecule has 2 saturated carbocycles. The smallest absolute Gasteiger partial charge is 0.302 e. The van der Waals surface area contributed by atoms with E-state index in [0.29, 0.717) is 5.92 Å². The van der Waals surface area contributed by atoms with Crippen molar-refractivity contribution in [3.63, 3.8) is 0 Å². The highest BCUT2D eigenvalue weighted by atomic mass is 16.5. The fraction of sp³-hybridized carbons (Fsp3) is 0.929. The predicted molar refractivity (Wildman–Crippen MR) is 64.1 cm³/mol. The lowest BCUT2D eigenvalue weighted by Gasteiger charge is -2.38. The molecule has 0 amide bonds. The van der Waals surface area contributed by atoms with Crippen LogP contribution in [0.15, 0.2) is 0 Å². The van der Waals surface area contributed by atoms with Gasteiger partial charge in [-0.05, 0) is 31.1 Å². The van der Waals surface area contributed by atoms with Crippen molar-refractivity contribution in [1.29, 1.82) is 0 Å². The first-order valence-corrected chi connectivity index (χ1v) is 6.94. The monoisotopic (exact) mass is 224 g/mol. The number of esters is 1. The molecule has 0 radical (unpaired) electrons. The van der Waals surface area contributed by atoms with Gasteiger partial charge < -0.3 is 4.74 Å². The second-order valence-corrected chi connectivity index (χ2v) is 5.49. The van der Waals surface area contributed by atoms with Crippen molar-refractivity contribution >= 4 is 5.97 Å². The van der Waals surface area contributed by atoms with Crippen molar-refractivity contribution in [2.45, 2.75) is 70.8 Å². The summed E-state index contributed by atoms with van der Waals surface area (Å²) in [5.74, 6) is 1.41. The minimum atomic E-state index is -0.0901. The van der Waals surface area contributed by atoms with Gasteiger partial charge in [0.25, 0.3) is 0 Å². The fourth-order valence-corrected chi connectivity index (χ4v) is 3.59. The molecule has 2 heteroatoms. The van der Waals surface area contributed by atoms with Gasteiger partial charge in [-0.2, -0.15) is 0 Å². The lowest BCUT2D eigenvalue weighted by atomic mass is 9.72. The van der Waals surface area contributed by atoms with E-state index in [-0.39, 0.29) is 12.1 Å². The number of rotatable bonds is 2. The topological polar surface area (TPSA) is 26.3 Å². The van der Waals surface area contributed by atoms with Gasteiger partial charge in [-0.1, -0.05) is 38.5 Å². The highest BCUT2D eigenvalue weighted by Crippen LogP contribution is 2.39. The Kier molecular flexibility index (Phi) is 4.25. The van der Waals surface area contributed by atoms with E-state index < -0.39 is 0 Å². The molecule has 2 fully saturated rings. The summed E-state index contributed by atoms with van der Waals surface area (Å²) in [6.07, 6.45) is 12.1. The maximum Gasteiger partial charge on any atom is 0.302 e. The molecule has 0 spiro atoms. The normalized spacial score (nSPS) is 32.3. The number of carbonyl (C=O) groups excluding carboxylic acids is 1. The molecule has 0 aromatic rings. The number of hydrogen-bond donors (Lipinski definition) is 0. The quantitative estimate of drug-likeness (QED) is 0.669. The maximum absolute atomic E-state index is 11.1. The van der Waals surface area contributed by atoms with Gasteiger partial charge in [0.2, 0.25) is 0 Å². The van der Waals surface area contributed by atoms with Gasteiger partial charge in [-0.15, -0.1) is 0 Å². The van der Waals surface area contributed by atoms with Crippen LogP contribution in [0.25, 0.3) is 0 Å². The molecule has 0 aliphatic heterocycles. The van der Waals surface area contributed by atoms with Gasteiger partial charge in [0, 0.05) is 6.92 Å².